The Kier molecular flexibility index (Phi) is 8.25. The first-order chi connectivity index (χ1) is 14.5. The molecule has 2 heterocycles. The molecule has 0 fully saturated rings. The Morgan fingerprint density at radius 2 is 1.83 bits per heavy atom. The summed E-state index contributed by atoms with van der Waals surface area (Å²) in [5.41, 5.74) is 1.52. The molecule has 0 saturated carbocycles. The first-order valence-electron chi connectivity index (χ1n) is 8.95. The molecule has 0 aliphatic carbocycles. The number of thiophene rings is 1. The van der Waals surface area contributed by atoms with Gasteiger partial charge < -0.3 is 10.1 Å². The summed E-state index contributed by atoms with van der Waals surface area (Å²) < 4.78 is 20.0. The fourth-order valence-electron chi connectivity index (χ4n) is 2.43. The third-order valence-electron chi connectivity index (χ3n) is 3.66. The lowest BCUT2D eigenvalue weighted by atomic mass is 10.0. The first-order valence-corrected chi connectivity index (χ1v) is 12.6. The van der Waals surface area contributed by atoms with Crippen LogP contribution in [0.15, 0.2) is 38.3 Å². The van der Waals surface area contributed by atoms with Crippen LogP contribution < -0.4 is 5.32 Å². The molecule has 0 spiro atoms. The van der Waals surface area contributed by atoms with E-state index in [1.165, 1.54) is 46.6 Å². The SMILES string of the molecule is CCOC(=O)c1c(-c2ccc(F)cc2)csc1NC(=O)CSc1nnc(SCC)s1. The van der Waals surface area contributed by atoms with E-state index in [0.29, 0.717) is 20.5 Å². The molecule has 3 rings (SSSR count). The molecule has 0 aliphatic rings. The highest BCUT2D eigenvalue weighted by atomic mass is 32.2. The van der Waals surface area contributed by atoms with Crippen molar-refractivity contribution in [2.45, 2.75) is 22.5 Å². The van der Waals surface area contributed by atoms with E-state index < -0.39 is 5.97 Å². The molecule has 6 nitrogen and oxygen atoms in total. The Morgan fingerprint density at radius 1 is 1.13 bits per heavy atom. The normalized spacial score (nSPS) is 10.8. The van der Waals surface area contributed by atoms with Crippen molar-refractivity contribution in [3.63, 3.8) is 0 Å². The summed E-state index contributed by atoms with van der Waals surface area (Å²) in [7, 11) is 0. The number of hydrogen-bond acceptors (Lipinski definition) is 9. The zero-order valence-corrected chi connectivity index (χ0v) is 19.4. The van der Waals surface area contributed by atoms with E-state index in [1.807, 2.05) is 6.92 Å². The number of nitrogens with zero attached hydrogens (tertiary/aromatic N) is 2. The molecule has 0 saturated heterocycles. The number of carbonyl (C=O) groups is 2. The summed E-state index contributed by atoms with van der Waals surface area (Å²) in [6, 6.07) is 5.82. The van der Waals surface area contributed by atoms with Gasteiger partial charge in [-0.15, -0.1) is 21.5 Å². The molecular formula is C19H18FN3O3S4. The number of nitrogens with one attached hydrogen (secondary N) is 1. The standard InChI is InChI=1S/C19H18FN3O3S4/c1-3-26-17(25)15-13(11-5-7-12(20)8-6-11)9-28-16(15)21-14(24)10-29-19-23-22-18(30-19)27-4-2/h5-9H,3-4,10H2,1-2H3,(H,21,24). The molecule has 0 atom stereocenters. The second kappa shape index (κ2) is 10.9. The highest BCUT2D eigenvalue weighted by Crippen LogP contribution is 2.36. The van der Waals surface area contributed by atoms with Crippen molar-refractivity contribution < 1.29 is 18.7 Å². The van der Waals surface area contributed by atoms with Gasteiger partial charge in [-0.2, -0.15) is 0 Å². The number of amides is 1. The smallest absolute Gasteiger partial charge is 0.341 e. The van der Waals surface area contributed by atoms with Gasteiger partial charge in [-0.05, 0) is 30.4 Å². The van der Waals surface area contributed by atoms with E-state index in [2.05, 4.69) is 15.5 Å². The molecule has 158 valence electrons. The molecule has 0 bridgehead atoms. The Balaban J connectivity index is 1.74. The third-order valence-corrected chi connectivity index (χ3v) is 7.63. The molecule has 2 aromatic heterocycles. The summed E-state index contributed by atoms with van der Waals surface area (Å²) >= 11 is 5.56. The lowest BCUT2D eigenvalue weighted by molar-refractivity contribution is -0.113. The first kappa shape index (κ1) is 22.7. The summed E-state index contributed by atoms with van der Waals surface area (Å²) in [5.74, 6) is -0.124. The number of ether oxygens (including phenoxy) is 1. The zero-order valence-electron chi connectivity index (χ0n) is 16.1. The Hall–Kier alpha value is -1.95. The fourth-order valence-corrected chi connectivity index (χ4v) is 6.12. The maximum absolute atomic E-state index is 13.3. The van der Waals surface area contributed by atoms with Crippen LogP contribution in [0, 0.1) is 5.82 Å². The third kappa shape index (κ3) is 5.81. The van der Waals surface area contributed by atoms with Gasteiger partial charge in [0.25, 0.3) is 0 Å². The highest BCUT2D eigenvalue weighted by molar-refractivity contribution is 8.03. The largest absolute Gasteiger partial charge is 0.462 e. The van der Waals surface area contributed by atoms with Crippen LogP contribution in [0.2, 0.25) is 0 Å². The monoisotopic (exact) mass is 483 g/mol. The van der Waals surface area contributed by atoms with Crippen molar-refractivity contribution in [3.05, 3.63) is 41.0 Å². The molecule has 0 aliphatic heterocycles. The lowest BCUT2D eigenvalue weighted by Gasteiger charge is -2.08. The van der Waals surface area contributed by atoms with E-state index in [-0.39, 0.29) is 29.6 Å². The molecule has 0 radical (unpaired) electrons. The van der Waals surface area contributed by atoms with Gasteiger partial charge in [0, 0.05) is 10.9 Å². The maximum Gasteiger partial charge on any atom is 0.341 e. The van der Waals surface area contributed by atoms with Crippen molar-refractivity contribution in [3.8, 4) is 11.1 Å². The van der Waals surface area contributed by atoms with Gasteiger partial charge in [0.1, 0.15) is 16.4 Å². The number of benzene rings is 1. The maximum atomic E-state index is 13.3. The van der Waals surface area contributed by atoms with Crippen LogP contribution >= 0.6 is 46.2 Å². The number of rotatable bonds is 9. The molecule has 1 N–H and O–H groups in total. The number of esters is 1. The summed E-state index contributed by atoms with van der Waals surface area (Å²) in [6.45, 7) is 3.95. The van der Waals surface area contributed by atoms with Gasteiger partial charge in [-0.25, -0.2) is 9.18 Å². The van der Waals surface area contributed by atoms with Crippen LogP contribution in [0.4, 0.5) is 9.39 Å². The van der Waals surface area contributed by atoms with Crippen molar-refractivity contribution in [1.82, 2.24) is 10.2 Å². The van der Waals surface area contributed by atoms with Crippen LogP contribution in [-0.4, -0.2) is 40.2 Å². The molecule has 1 aromatic carbocycles. The minimum absolute atomic E-state index is 0.136. The second-order valence-corrected chi connectivity index (χ2v) is 10.3. The van der Waals surface area contributed by atoms with Gasteiger partial charge in [-0.3, -0.25) is 4.79 Å². The molecule has 0 unspecified atom stereocenters. The average Bonchev–Trinajstić information content (AvgIpc) is 3.34. The quantitative estimate of drug-likeness (QED) is 0.321. The second-order valence-electron chi connectivity index (χ2n) is 5.68. The van der Waals surface area contributed by atoms with E-state index >= 15 is 0 Å². The minimum Gasteiger partial charge on any atom is -0.462 e. The van der Waals surface area contributed by atoms with Gasteiger partial charge in [0.05, 0.1) is 12.4 Å². The number of carbonyl (C=O) groups excluding carboxylic acids is 2. The van der Waals surface area contributed by atoms with E-state index in [0.717, 1.165) is 10.1 Å². The fraction of sp³-hybridized carbons (Fsp3) is 0.263. The van der Waals surface area contributed by atoms with Crippen LogP contribution in [0.3, 0.4) is 0 Å². The molecular weight excluding hydrogens is 465 g/mol. The van der Waals surface area contributed by atoms with Crippen LogP contribution in [0.25, 0.3) is 11.1 Å². The van der Waals surface area contributed by atoms with Crippen LogP contribution in [0.1, 0.15) is 24.2 Å². The minimum atomic E-state index is -0.536. The van der Waals surface area contributed by atoms with E-state index in [4.69, 9.17) is 4.74 Å². The lowest BCUT2D eigenvalue weighted by Crippen LogP contribution is -2.16. The predicted molar refractivity (Wildman–Crippen MR) is 121 cm³/mol. The molecule has 11 heteroatoms. The van der Waals surface area contributed by atoms with E-state index in [1.54, 1.807) is 36.2 Å². The number of anilines is 1. The summed E-state index contributed by atoms with van der Waals surface area (Å²) in [4.78, 5) is 25.0. The zero-order chi connectivity index (χ0) is 21.5. The number of thioether (sulfide) groups is 2. The van der Waals surface area contributed by atoms with Crippen LogP contribution in [0.5, 0.6) is 0 Å². The Morgan fingerprint density at radius 3 is 2.50 bits per heavy atom. The Labute approximate surface area is 189 Å². The number of hydrogen-bond donors (Lipinski definition) is 1. The molecule has 30 heavy (non-hydrogen) atoms. The van der Waals surface area contributed by atoms with Crippen molar-refractivity contribution in [1.29, 1.82) is 0 Å². The summed E-state index contributed by atoms with van der Waals surface area (Å²) in [6.07, 6.45) is 0. The average molecular weight is 484 g/mol. The van der Waals surface area contributed by atoms with Gasteiger partial charge in [0.2, 0.25) is 5.91 Å². The predicted octanol–water partition coefficient (Wildman–Crippen LogP) is 5.43. The number of halogens is 1. The van der Waals surface area contributed by atoms with E-state index in [9.17, 15) is 14.0 Å². The van der Waals surface area contributed by atoms with Gasteiger partial charge in [0.15, 0.2) is 8.68 Å². The Bertz CT molecular complexity index is 1020. The van der Waals surface area contributed by atoms with Crippen LogP contribution in [-0.2, 0) is 9.53 Å². The van der Waals surface area contributed by atoms with Gasteiger partial charge >= 0.3 is 5.97 Å². The molecule has 3 aromatic rings. The molecule has 1 amide bonds. The number of aromatic nitrogens is 2. The highest BCUT2D eigenvalue weighted by Gasteiger charge is 2.23. The van der Waals surface area contributed by atoms with Crippen molar-refractivity contribution >= 4 is 63.1 Å². The van der Waals surface area contributed by atoms with Crippen molar-refractivity contribution in [2.75, 3.05) is 23.4 Å². The summed E-state index contributed by atoms with van der Waals surface area (Å²) in [5, 5.41) is 13.1. The van der Waals surface area contributed by atoms with Gasteiger partial charge in [-0.1, -0.05) is 53.9 Å². The van der Waals surface area contributed by atoms with Crippen molar-refractivity contribution in [2.24, 2.45) is 0 Å². The topological polar surface area (TPSA) is 81.2 Å².